The molecule has 1 N–H and O–H groups in total. The van der Waals surface area contributed by atoms with E-state index in [9.17, 15) is 19.5 Å². The van der Waals surface area contributed by atoms with E-state index in [0.29, 0.717) is 38.9 Å². The van der Waals surface area contributed by atoms with Crippen LogP contribution in [-0.4, -0.2) is 64.0 Å². The zero-order chi connectivity index (χ0) is 22.8. The molecule has 2 atom stereocenters. The summed E-state index contributed by atoms with van der Waals surface area (Å²) in [6.45, 7) is 9.17. The van der Waals surface area contributed by atoms with E-state index in [0.717, 1.165) is 5.56 Å². The van der Waals surface area contributed by atoms with Crippen molar-refractivity contribution in [2.45, 2.75) is 65.1 Å². The van der Waals surface area contributed by atoms with Crippen LogP contribution >= 0.6 is 0 Å². The van der Waals surface area contributed by atoms with Gasteiger partial charge in [0.2, 0.25) is 5.91 Å². The molecule has 2 amide bonds. The van der Waals surface area contributed by atoms with Crippen LogP contribution in [0, 0.1) is 11.3 Å². The summed E-state index contributed by atoms with van der Waals surface area (Å²) >= 11 is 0. The second-order valence-electron chi connectivity index (χ2n) is 9.81. The molecule has 2 fully saturated rings. The molecular formula is C24H34N2O5. The highest BCUT2D eigenvalue weighted by Gasteiger charge is 2.62. The Bertz CT molecular complexity index is 809. The molecule has 7 nitrogen and oxygen atoms in total. The van der Waals surface area contributed by atoms with E-state index < -0.39 is 29.4 Å². The van der Waals surface area contributed by atoms with Gasteiger partial charge in [-0.05, 0) is 30.7 Å². The Kier molecular flexibility index (Phi) is 6.74. The average molecular weight is 431 g/mol. The smallest absolute Gasteiger partial charge is 0.314 e. The van der Waals surface area contributed by atoms with E-state index in [-0.39, 0.29) is 17.9 Å². The van der Waals surface area contributed by atoms with Crippen LogP contribution in [-0.2, 0) is 25.7 Å². The first-order chi connectivity index (χ1) is 14.6. The number of carbonyl (C=O) groups is 3. The maximum atomic E-state index is 13.1. The van der Waals surface area contributed by atoms with E-state index in [4.69, 9.17) is 4.74 Å². The minimum atomic E-state index is -1.43. The molecular weight excluding hydrogens is 396 g/mol. The van der Waals surface area contributed by atoms with Crippen LogP contribution in [0.1, 0.15) is 52.5 Å². The lowest BCUT2D eigenvalue weighted by Gasteiger charge is -2.47. The van der Waals surface area contributed by atoms with Crippen LogP contribution in [0.2, 0.25) is 0 Å². The zero-order valence-corrected chi connectivity index (χ0v) is 19.0. The van der Waals surface area contributed by atoms with Gasteiger partial charge in [0, 0.05) is 26.1 Å². The van der Waals surface area contributed by atoms with Crippen molar-refractivity contribution >= 4 is 17.8 Å². The Hall–Kier alpha value is -2.41. The Morgan fingerprint density at radius 3 is 2.32 bits per heavy atom. The Balaban J connectivity index is 1.88. The molecule has 0 saturated carbocycles. The molecule has 1 spiro atoms. The molecule has 170 valence electrons. The first-order valence-electron chi connectivity index (χ1n) is 11.1. The lowest BCUT2D eigenvalue weighted by atomic mass is 9.75. The van der Waals surface area contributed by atoms with E-state index >= 15 is 0 Å². The van der Waals surface area contributed by atoms with Crippen LogP contribution in [0.15, 0.2) is 30.3 Å². The number of piperidine rings is 1. The van der Waals surface area contributed by atoms with Crippen molar-refractivity contribution < 1.29 is 24.2 Å². The molecule has 3 rings (SSSR count). The summed E-state index contributed by atoms with van der Waals surface area (Å²) in [4.78, 5) is 42.1. The van der Waals surface area contributed by atoms with Crippen molar-refractivity contribution in [3.8, 4) is 0 Å². The molecule has 1 aromatic carbocycles. The van der Waals surface area contributed by atoms with Gasteiger partial charge in [-0.3, -0.25) is 14.4 Å². The third-order valence-corrected chi connectivity index (χ3v) is 6.34. The summed E-state index contributed by atoms with van der Waals surface area (Å²) in [5.41, 5.74) is -0.0477. The van der Waals surface area contributed by atoms with Crippen molar-refractivity contribution in [1.29, 1.82) is 0 Å². The van der Waals surface area contributed by atoms with E-state index in [2.05, 4.69) is 0 Å². The molecule has 1 aromatic rings. The van der Waals surface area contributed by atoms with Gasteiger partial charge in [0.15, 0.2) is 0 Å². The normalized spacial score (nSPS) is 23.3. The number of benzene rings is 1. The number of carbonyl (C=O) groups excluding carboxylic acids is 3. The molecule has 0 aliphatic carbocycles. The Labute approximate surface area is 184 Å². The summed E-state index contributed by atoms with van der Waals surface area (Å²) in [6.07, 6.45) is -0.125. The van der Waals surface area contributed by atoms with Crippen molar-refractivity contribution in [2.24, 2.45) is 11.3 Å². The summed E-state index contributed by atoms with van der Waals surface area (Å²) in [5, 5.41) is 10.8. The number of amides is 2. The van der Waals surface area contributed by atoms with Gasteiger partial charge in [-0.1, -0.05) is 51.1 Å². The highest BCUT2D eigenvalue weighted by atomic mass is 16.5. The van der Waals surface area contributed by atoms with Crippen LogP contribution < -0.4 is 0 Å². The fourth-order valence-electron chi connectivity index (χ4n) is 4.85. The molecule has 2 aliphatic rings. The Morgan fingerprint density at radius 1 is 1.16 bits per heavy atom. The molecule has 7 heteroatoms. The minimum absolute atomic E-state index is 0.0783. The van der Waals surface area contributed by atoms with Gasteiger partial charge in [0.1, 0.15) is 12.0 Å². The van der Waals surface area contributed by atoms with Gasteiger partial charge in [-0.25, -0.2) is 0 Å². The summed E-state index contributed by atoms with van der Waals surface area (Å²) in [5.74, 6) is -1.87. The van der Waals surface area contributed by atoms with Gasteiger partial charge in [-0.15, -0.1) is 0 Å². The highest BCUT2D eigenvalue weighted by Crippen LogP contribution is 2.45. The van der Waals surface area contributed by atoms with Gasteiger partial charge in [0.05, 0.1) is 12.1 Å². The summed E-state index contributed by atoms with van der Waals surface area (Å²) in [7, 11) is 0. The zero-order valence-electron chi connectivity index (χ0n) is 19.0. The SMILES string of the molecule is CCOC(=O)[C@H]1[C@@H](O)C(=O)N(Cc2ccccc2)C12CCN(C(=O)CC(C)(C)C)CC2. The van der Waals surface area contributed by atoms with E-state index in [1.807, 2.05) is 56.0 Å². The number of aliphatic hydroxyl groups excluding tert-OH is 1. The van der Waals surface area contributed by atoms with Gasteiger partial charge in [0.25, 0.3) is 5.91 Å². The number of nitrogens with zero attached hydrogens (tertiary/aromatic N) is 2. The fourth-order valence-corrected chi connectivity index (χ4v) is 4.85. The number of aliphatic hydroxyl groups is 1. The first kappa shape index (κ1) is 23.3. The number of ether oxygens (including phenoxy) is 1. The summed E-state index contributed by atoms with van der Waals surface area (Å²) < 4.78 is 5.25. The standard InChI is InChI=1S/C24H34N2O5/c1-5-31-22(30)19-20(28)21(29)26(16-17-9-7-6-8-10-17)24(19)11-13-25(14-12-24)18(27)15-23(2,3)4/h6-10,19-20,28H,5,11-16H2,1-4H3/t19-,20-/m1/s1. The van der Waals surface area contributed by atoms with Crippen molar-refractivity contribution in [2.75, 3.05) is 19.7 Å². The topological polar surface area (TPSA) is 87.2 Å². The highest BCUT2D eigenvalue weighted by molar-refractivity contribution is 5.93. The first-order valence-corrected chi connectivity index (χ1v) is 11.1. The molecule has 0 unspecified atom stereocenters. The number of likely N-dealkylation sites (tertiary alicyclic amines) is 2. The van der Waals surface area contributed by atoms with Gasteiger partial charge in [-0.2, -0.15) is 0 Å². The largest absolute Gasteiger partial charge is 0.466 e. The second kappa shape index (κ2) is 8.99. The van der Waals surface area contributed by atoms with Gasteiger partial charge >= 0.3 is 5.97 Å². The monoisotopic (exact) mass is 430 g/mol. The molecule has 2 heterocycles. The number of hydrogen-bond donors (Lipinski definition) is 1. The van der Waals surface area contributed by atoms with Crippen LogP contribution in [0.3, 0.4) is 0 Å². The van der Waals surface area contributed by atoms with Crippen LogP contribution in [0.25, 0.3) is 0 Å². The maximum absolute atomic E-state index is 13.1. The third kappa shape index (κ3) is 4.76. The molecule has 2 saturated heterocycles. The molecule has 0 aromatic heterocycles. The number of hydrogen-bond acceptors (Lipinski definition) is 5. The molecule has 2 aliphatic heterocycles. The summed E-state index contributed by atoms with van der Waals surface area (Å²) in [6, 6.07) is 9.55. The van der Waals surface area contributed by atoms with Gasteiger partial charge < -0.3 is 19.6 Å². The number of rotatable bonds is 5. The molecule has 0 radical (unpaired) electrons. The predicted octanol–water partition coefficient (Wildman–Crippen LogP) is 2.37. The molecule has 0 bridgehead atoms. The maximum Gasteiger partial charge on any atom is 0.314 e. The molecule has 31 heavy (non-hydrogen) atoms. The third-order valence-electron chi connectivity index (χ3n) is 6.34. The van der Waals surface area contributed by atoms with Crippen LogP contribution in [0.5, 0.6) is 0 Å². The van der Waals surface area contributed by atoms with Crippen molar-refractivity contribution in [3.05, 3.63) is 35.9 Å². The predicted molar refractivity (Wildman–Crippen MR) is 116 cm³/mol. The fraction of sp³-hybridized carbons (Fsp3) is 0.625. The minimum Gasteiger partial charge on any atom is -0.466 e. The van der Waals surface area contributed by atoms with E-state index in [1.54, 1.807) is 11.8 Å². The Morgan fingerprint density at radius 2 is 1.77 bits per heavy atom. The average Bonchev–Trinajstić information content (AvgIpc) is 2.89. The number of esters is 1. The van der Waals surface area contributed by atoms with E-state index in [1.165, 1.54) is 0 Å². The van der Waals surface area contributed by atoms with Crippen molar-refractivity contribution in [3.63, 3.8) is 0 Å². The second-order valence-corrected chi connectivity index (χ2v) is 9.81. The lowest BCUT2D eigenvalue weighted by Crippen LogP contribution is -2.58. The van der Waals surface area contributed by atoms with Crippen molar-refractivity contribution in [1.82, 2.24) is 9.80 Å². The lowest BCUT2D eigenvalue weighted by molar-refractivity contribution is -0.156. The van der Waals surface area contributed by atoms with Crippen LogP contribution in [0.4, 0.5) is 0 Å². The quantitative estimate of drug-likeness (QED) is 0.725.